The molecule has 1 atom stereocenters. The van der Waals surface area contributed by atoms with Gasteiger partial charge in [0.1, 0.15) is 5.75 Å². The van der Waals surface area contributed by atoms with Crippen molar-refractivity contribution in [2.45, 2.75) is 32.4 Å². The van der Waals surface area contributed by atoms with E-state index in [1.54, 1.807) is 62.6 Å². The monoisotopic (exact) mass is 381 g/mol. The molecule has 1 saturated heterocycles. The van der Waals surface area contributed by atoms with E-state index in [4.69, 9.17) is 9.47 Å². The fraction of sp³-hybridized carbons (Fsp3) is 0.318. The van der Waals surface area contributed by atoms with E-state index in [1.165, 1.54) is 0 Å². The first-order valence-electron chi connectivity index (χ1n) is 9.24. The maximum absolute atomic E-state index is 12.4. The van der Waals surface area contributed by atoms with Crippen molar-refractivity contribution in [1.82, 2.24) is 4.90 Å². The minimum atomic E-state index is -0.900. The number of Topliss-reactive ketones (excluding diaryl/α,β-unsaturated/α-hetero) is 1. The first-order chi connectivity index (χ1) is 13.5. The number of ketones is 1. The molecule has 1 heterocycles. The summed E-state index contributed by atoms with van der Waals surface area (Å²) < 4.78 is 10.4. The van der Waals surface area contributed by atoms with Crippen LogP contribution in [0.5, 0.6) is 5.75 Å². The second kappa shape index (κ2) is 8.69. The molecule has 2 aromatic carbocycles. The molecule has 28 heavy (non-hydrogen) atoms. The van der Waals surface area contributed by atoms with Crippen molar-refractivity contribution in [2.75, 3.05) is 13.7 Å². The minimum absolute atomic E-state index is 0.161. The highest BCUT2D eigenvalue weighted by molar-refractivity contribution is 6.01. The standard InChI is InChI=1S/C22H23NO5/c1-15(21(25)17-9-11-19(27-2)12-10-17)28-22(26)18-7-5-16(6-8-18)14-23-13-3-4-20(23)24/h5-12,15H,3-4,13-14H2,1-2H3/t15-/m0/s1. The average molecular weight is 381 g/mol. The number of methoxy groups -OCH3 is 1. The van der Waals surface area contributed by atoms with E-state index in [-0.39, 0.29) is 11.7 Å². The summed E-state index contributed by atoms with van der Waals surface area (Å²) >= 11 is 0. The van der Waals surface area contributed by atoms with Gasteiger partial charge < -0.3 is 14.4 Å². The first-order valence-corrected chi connectivity index (χ1v) is 9.24. The molecule has 0 spiro atoms. The molecule has 1 fully saturated rings. The number of hydrogen-bond donors (Lipinski definition) is 0. The van der Waals surface area contributed by atoms with E-state index in [2.05, 4.69) is 0 Å². The molecule has 0 unspecified atom stereocenters. The molecule has 3 rings (SSSR count). The fourth-order valence-corrected chi connectivity index (χ4v) is 3.11. The third kappa shape index (κ3) is 4.57. The zero-order valence-electron chi connectivity index (χ0n) is 16.0. The van der Waals surface area contributed by atoms with E-state index in [1.807, 2.05) is 4.90 Å². The molecule has 0 bridgehead atoms. The summed E-state index contributed by atoms with van der Waals surface area (Å²) in [7, 11) is 1.55. The Balaban J connectivity index is 1.58. The maximum atomic E-state index is 12.4. The summed E-state index contributed by atoms with van der Waals surface area (Å²) in [5, 5.41) is 0. The topological polar surface area (TPSA) is 72.9 Å². The van der Waals surface area contributed by atoms with Gasteiger partial charge in [-0.25, -0.2) is 4.79 Å². The predicted octanol–water partition coefficient (Wildman–Crippen LogP) is 3.25. The summed E-state index contributed by atoms with van der Waals surface area (Å²) in [5.41, 5.74) is 1.77. The van der Waals surface area contributed by atoms with Crippen LogP contribution in [-0.4, -0.2) is 42.3 Å². The third-order valence-corrected chi connectivity index (χ3v) is 4.76. The zero-order chi connectivity index (χ0) is 20.1. The first kappa shape index (κ1) is 19.6. The maximum Gasteiger partial charge on any atom is 0.338 e. The zero-order valence-corrected chi connectivity index (χ0v) is 16.0. The lowest BCUT2D eigenvalue weighted by molar-refractivity contribution is -0.128. The van der Waals surface area contributed by atoms with E-state index < -0.39 is 12.1 Å². The number of esters is 1. The van der Waals surface area contributed by atoms with Crippen molar-refractivity contribution in [3.05, 3.63) is 65.2 Å². The van der Waals surface area contributed by atoms with Gasteiger partial charge in [-0.3, -0.25) is 9.59 Å². The number of benzene rings is 2. The van der Waals surface area contributed by atoms with Crippen LogP contribution in [0.15, 0.2) is 48.5 Å². The molecule has 1 aliphatic heterocycles. The number of carbonyl (C=O) groups is 3. The molecule has 2 aromatic rings. The minimum Gasteiger partial charge on any atom is -0.497 e. The van der Waals surface area contributed by atoms with Gasteiger partial charge in [-0.1, -0.05) is 12.1 Å². The highest BCUT2D eigenvalue weighted by Crippen LogP contribution is 2.17. The Morgan fingerprint density at radius 1 is 1.04 bits per heavy atom. The lowest BCUT2D eigenvalue weighted by Gasteiger charge is -2.16. The smallest absolute Gasteiger partial charge is 0.338 e. The molecule has 0 aliphatic carbocycles. The van der Waals surface area contributed by atoms with Gasteiger partial charge in [0.25, 0.3) is 0 Å². The van der Waals surface area contributed by atoms with Crippen LogP contribution in [-0.2, 0) is 16.1 Å². The summed E-state index contributed by atoms with van der Waals surface area (Å²) in [6.45, 7) is 2.87. The molecule has 0 N–H and O–H groups in total. The van der Waals surface area contributed by atoms with Crippen LogP contribution in [0.2, 0.25) is 0 Å². The fourth-order valence-electron chi connectivity index (χ4n) is 3.11. The van der Waals surface area contributed by atoms with Crippen LogP contribution in [0.3, 0.4) is 0 Å². The Bertz CT molecular complexity index is 858. The van der Waals surface area contributed by atoms with E-state index >= 15 is 0 Å². The van der Waals surface area contributed by atoms with Crippen LogP contribution < -0.4 is 4.74 Å². The SMILES string of the molecule is COc1ccc(C(=O)[C@H](C)OC(=O)c2ccc(CN3CCCC3=O)cc2)cc1. The molecule has 6 heteroatoms. The van der Waals surface area contributed by atoms with Crippen molar-refractivity contribution in [2.24, 2.45) is 0 Å². The van der Waals surface area contributed by atoms with Crippen LogP contribution in [0.25, 0.3) is 0 Å². The van der Waals surface area contributed by atoms with Gasteiger partial charge in [-0.15, -0.1) is 0 Å². The molecule has 6 nitrogen and oxygen atoms in total. The Labute approximate surface area is 164 Å². The summed E-state index contributed by atoms with van der Waals surface area (Å²) in [6.07, 6.45) is 0.594. The Morgan fingerprint density at radius 2 is 1.68 bits per heavy atom. The van der Waals surface area contributed by atoms with E-state index in [9.17, 15) is 14.4 Å². The van der Waals surface area contributed by atoms with Crippen LogP contribution in [0.1, 0.15) is 46.0 Å². The quantitative estimate of drug-likeness (QED) is 0.544. The van der Waals surface area contributed by atoms with Gasteiger partial charge >= 0.3 is 5.97 Å². The number of nitrogens with zero attached hydrogens (tertiary/aromatic N) is 1. The molecule has 0 radical (unpaired) electrons. The number of ether oxygens (including phenoxy) is 2. The second-order valence-electron chi connectivity index (χ2n) is 6.76. The number of amides is 1. The average Bonchev–Trinajstić information content (AvgIpc) is 3.12. The third-order valence-electron chi connectivity index (χ3n) is 4.76. The molecular formula is C22H23NO5. The van der Waals surface area contributed by atoms with Crippen molar-refractivity contribution in [3.8, 4) is 5.75 Å². The molecular weight excluding hydrogens is 358 g/mol. The normalized spacial score (nSPS) is 14.6. The van der Waals surface area contributed by atoms with Crippen LogP contribution in [0.4, 0.5) is 0 Å². The summed E-state index contributed by atoms with van der Waals surface area (Å²) in [6, 6.07) is 13.6. The highest BCUT2D eigenvalue weighted by Gasteiger charge is 2.22. The highest BCUT2D eigenvalue weighted by atomic mass is 16.5. The van der Waals surface area contributed by atoms with Crippen LogP contribution in [0, 0.1) is 0 Å². The molecule has 1 aliphatic rings. The van der Waals surface area contributed by atoms with E-state index in [0.717, 1.165) is 18.5 Å². The number of likely N-dealkylation sites (tertiary alicyclic amines) is 1. The van der Waals surface area contributed by atoms with Gasteiger partial charge in [0.05, 0.1) is 12.7 Å². The summed E-state index contributed by atoms with van der Waals surface area (Å²) in [5.74, 6) is -0.0235. The van der Waals surface area contributed by atoms with E-state index in [0.29, 0.717) is 29.8 Å². The Hall–Kier alpha value is -3.15. The van der Waals surface area contributed by atoms with Gasteiger partial charge in [0.2, 0.25) is 11.7 Å². The van der Waals surface area contributed by atoms with Crippen molar-refractivity contribution < 1.29 is 23.9 Å². The van der Waals surface area contributed by atoms with Crippen molar-refractivity contribution >= 4 is 17.7 Å². The molecule has 146 valence electrons. The van der Waals surface area contributed by atoms with Crippen LogP contribution >= 0.6 is 0 Å². The Morgan fingerprint density at radius 3 is 2.25 bits per heavy atom. The van der Waals surface area contributed by atoms with Gasteiger partial charge in [-0.2, -0.15) is 0 Å². The molecule has 0 aromatic heterocycles. The summed E-state index contributed by atoms with van der Waals surface area (Å²) in [4.78, 5) is 38.3. The molecule has 0 saturated carbocycles. The van der Waals surface area contributed by atoms with Crippen molar-refractivity contribution in [1.29, 1.82) is 0 Å². The molecule has 1 amide bonds. The number of hydrogen-bond acceptors (Lipinski definition) is 5. The van der Waals surface area contributed by atoms with Gasteiger partial charge in [0, 0.05) is 25.1 Å². The van der Waals surface area contributed by atoms with Gasteiger partial charge in [0.15, 0.2) is 6.10 Å². The number of rotatable bonds is 7. The van der Waals surface area contributed by atoms with Crippen molar-refractivity contribution in [3.63, 3.8) is 0 Å². The Kier molecular flexibility index (Phi) is 6.09. The van der Waals surface area contributed by atoms with Gasteiger partial charge in [-0.05, 0) is 55.3 Å². The lowest BCUT2D eigenvalue weighted by Crippen LogP contribution is -2.25. The predicted molar refractivity (Wildman–Crippen MR) is 103 cm³/mol. The lowest BCUT2D eigenvalue weighted by atomic mass is 10.1. The largest absolute Gasteiger partial charge is 0.497 e. The number of carbonyl (C=O) groups excluding carboxylic acids is 3. The second-order valence-corrected chi connectivity index (χ2v) is 6.76.